The summed E-state index contributed by atoms with van der Waals surface area (Å²) in [7, 11) is 0. The van der Waals surface area contributed by atoms with Gasteiger partial charge < -0.3 is 4.42 Å². The lowest BCUT2D eigenvalue weighted by molar-refractivity contribution is 0.382. The Hall–Kier alpha value is -0.860. The minimum atomic E-state index is 0.359. The molecule has 1 atom stereocenters. The van der Waals surface area contributed by atoms with E-state index in [4.69, 9.17) is 4.42 Å². The van der Waals surface area contributed by atoms with E-state index in [1.807, 2.05) is 6.92 Å². The van der Waals surface area contributed by atoms with Crippen molar-refractivity contribution in [1.82, 2.24) is 10.2 Å². The SMILES string of the molecule is CCc1nnc(C(C)C(C)C)o1. The normalized spacial score (nSPS) is 13.8. The van der Waals surface area contributed by atoms with E-state index in [0.29, 0.717) is 11.8 Å². The summed E-state index contributed by atoms with van der Waals surface area (Å²) in [5.74, 6) is 2.41. The van der Waals surface area contributed by atoms with E-state index in [0.717, 1.165) is 18.2 Å². The van der Waals surface area contributed by atoms with Gasteiger partial charge in [-0.2, -0.15) is 0 Å². The number of aromatic nitrogens is 2. The third-order valence-corrected chi connectivity index (χ3v) is 2.17. The van der Waals surface area contributed by atoms with Crippen LogP contribution in [0, 0.1) is 5.92 Å². The molecule has 0 bridgehead atoms. The van der Waals surface area contributed by atoms with E-state index in [1.165, 1.54) is 0 Å². The Balaban J connectivity index is 2.74. The van der Waals surface area contributed by atoms with Gasteiger partial charge in [-0.25, -0.2) is 0 Å². The van der Waals surface area contributed by atoms with Crippen LogP contribution in [0.2, 0.25) is 0 Å². The fraction of sp³-hybridized carbons (Fsp3) is 0.778. The standard InChI is InChI=1S/C9H16N2O/c1-5-8-10-11-9(12-8)7(4)6(2)3/h6-7H,5H2,1-4H3. The molecule has 0 aliphatic heterocycles. The third-order valence-electron chi connectivity index (χ3n) is 2.17. The van der Waals surface area contributed by atoms with E-state index in [9.17, 15) is 0 Å². The van der Waals surface area contributed by atoms with Crippen molar-refractivity contribution in [3.63, 3.8) is 0 Å². The van der Waals surface area contributed by atoms with Gasteiger partial charge in [0.25, 0.3) is 0 Å². The Kier molecular flexibility index (Phi) is 2.84. The summed E-state index contributed by atoms with van der Waals surface area (Å²) in [6.07, 6.45) is 0.817. The number of hydrogen-bond acceptors (Lipinski definition) is 3. The molecule has 0 aliphatic rings. The van der Waals surface area contributed by atoms with Gasteiger partial charge in [-0.3, -0.25) is 0 Å². The molecule has 1 aromatic rings. The monoisotopic (exact) mass is 168 g/mol. The molecular weight excluding hydrogens is 152 g/mol. The van der Waals surface area contributed by atoms with Crippen LogP contribution in [-0.2, 0) is 6.42 Å². The molecule has 1 aromatic heterocycles. The Morgan fingerprint density at radius 2 is 1.92 bits per heavy atom. The van der Waals surface area contributed by atoms with Crippen molar-refractivity contribution in [2.75, 3.05) is 0 Å². The predicted octanol–water partition coefficient (Wildman–Crippen LogP) is 2.39. The maximum Gasteiger partial charge on any atom is 0.219 e. The van der Waals surface area contributed by atoms with Crippen LogP contribution in [0.1, 0.15) is 45.4 Å². The molecule has 0 fully saturated rings. The molecule has 0 saturated carbocycles. The van der Waals surface area contributed by atoms with Crippen LogP contribution in [0.3, 0.4) is 0 Å². The quantitative estimate of drug-likeness (QED) is 0.695. The summed E-state index contributed by atoms with van der Waals surface area (Å²) in [5.41, 5.74) is 0. The van der Waals surface area contributed by atoms with Crippen LogP contribution >= 0.6 is 0 Å². The molecule has 12 heavy (non-hydrogen) atoms. The second-order valence-corrected chi connectivity index (χ2v) is 3.42. The number of hydrogen-bond donors (Lipinski definition) is 0. The highest BCUT2D eigenvalue weighted by atomic mass is 16.4. The second kappa shape index (κ2) is 3.70. The maximum absolute atomic E-state index is 5.43. The Labute approximate surface area is 73.2 Å². The molecule has 0 aromatic carbocycles. The largest absolute Gasteiger partial charge is 0.425 e. The summed E-state index contributed by atoms with van der Waals surface area (Å²) in [4.78, 5) is 0. The fourth-order valence-corrected chi connectivity index (χ4v) is 0.879. The van der Waals surface area contributed by atoms with Crippen molar-refractivity contribution < 1.29 is 4.42 Å². The Morgan fingerprint density at radius 1 is 1.25 bits per heavy atom. The van der Waals surface area contributed by atoms with Gasteiger partial charge in [0.05, 0.1) is 0 Å². The molecule has 0 radical (unpaired) electrons. The lowest BCUT2D eigenvalue weighted by atomic mass is 9.98. The summed E-state index contributed by atoms with van der Waals surface area (Å²) in [5, 5.41) is 7.91. The van der Waals surface area contributed by atoms with Crippen molar-refractivity contribution >= 4 is 0 Å². The molecule has 0 N–H and O–H groups in total. The van der Waals surface area contributed by atoms with Crippen molar-refractivity contribution in [3.05, 3.63) is 11.8 Å². The predicted molar refractivity (Wildman–Crippen MR) is 46.9 cm³/mol. The van der Waals surface area contributed by atoms with Crippen LogP contribution in [0.5, 0.6) is 0 Å². The van der Waals surface area contributed by atoms with Gasteiger partial charge >= 0.3 is 0 Å². The van der Waals surface area contributed by atoms with Gasteiger partial charge in [-0.15, -0.1) is 10.2 Å². The van der Waals surface area contributed by atoms with Gasteiger partial charge in [0.2, 0.25) is 11.8 Å². The number of nitrogens with zero attached hydrogens (tertiary/aromatic N) is 2. The van der Waals surface area contributed by atoms with Gasteiger partial charge in [0.1, 0.15) is 0 Å². The van der Waals surface area contributed by atoms with E-state index >= 15 is 0 Å². The molecule has 0 amide bonds. The minimum Gasteiger partial charge on any atom is -0.425 e. The van der Waals surface area contributed by atoms with Gasteiger partial charge in [-0.05, 0) is 5.92 Å². The second-order valence-electron chi connectivity index (χ2n) is 3.42. The lowest BCUT2D eigenvalue weighted by Gasteiger charge is -2.09. The van der Waals surface area contributed by atoms with Gasteiger partial charge in [-0.1, -0.05) is 27.7 Å². The smallest absolute Gasteiger partial charge is 0.219 e. The molecule has 1 rings (SSSR count). The number of aryl methyl sites for hydroxylation is 1. The van der Waals surface area contributed by atoms with Crippen molar-refractivity contribution in [2.45, 2.75) is 40.0 Å². The molecule has 0 aliphatic carbocycles. The van der Waals surface area contributed by atoms with Crippen LogP contribution in [0.15, 0.2) is 4.42 Å². The number of rotatable bonds is 3. The molecule has 1 heterocycles. The highest BCUT2D eigenvalue weighted by molar-refractivity contribution is 4.90. The average Bonchev–Trinajstić information content (AvgIpc) is 2.50. The zero-order valence-corrected chi connectivity index (χ0v) is 8.16. The highest BCUT2D eigenvalue weighted by Crippen LogP contribution is 2.21. The van der Waals surface area contributed by atoms with Gasteiger partial charge in [0, 0.05) is 12.3 Å². The molecule has 68 valence electrons. The van der Waals surface area contributed by atoms with Gasteiger partial charge in [0.15, 0.2) is 0 Å². The summed E-state index contributed by atoms with van der Waals surface area (Å²) < 4.78 is 5.43. The zero-order valence-electron chi connectivity index (χ0n) is 8.16. The highest BCUT2D eigenvalue weighted by Gasteiger charge is 2.16. The molecule has 0 saturated heterocycles. The minimum absolute atomic E-state index is 0.359. The zero-order chi connectivity index (χ0) is 9.14. The first-order valence-electron chi connectivity index (χ1n) is 4.47. The Morgan fingerprint density at radius 3 is 2.33 bits per heavy atom. The van der Waals surface area contributed by atoms with Crippen LogP contribution < -0.4 is 0 Å². The van der Waals surface area contributed by atoms with E-state index in [1.54, 1.807) is 0 Å². The van der Waals surface area contributed by atoms with Crippen molar-refractivity contribution in [1.29, 1.82) is 0 Å². The molecule has 3 heteroatoms. The van der Waals surface area contributed by atoms with Crippen LogP contribution in [0.25, 0.3) is 0 Å². The lowest BCUT2D eigenvalue weighted by Crippen LogP contribution is -2.01. The first-order valence-corrected chi connectivity index (χ1v) is 4.47. The molecule has 0 spiro atoms. The molecule has 3 nitrogen and oxygen atoms in total. The average molecular weight is 168 g/mol. The Bertz CT molecular complexity index is 242. The first kappa shape index (κ1) is 9.23. The topological polar surface area (TPSA) is 38.9 Å². The molecular formula is C9H16N2O. The summed E-state index contributed by atoms with van der Waals surface area (Å²) in [6, 6.07) is 0. The van der Waals surface area contributed by atoms with Crippen molar-refractivity contribution in [2.24, 2.45) is 5.92 Å². The van der Waals surface area contributed by atoms with Crippen molar-refractivity contribution in [3.8, 4) is 0 Å². The first-order chi connectivity index (χ1) is 5.65. The maximum atomic E-state index is 5.43. The van der Waals surface area contributed by atoms with Crippen LogP contribution in [-0.4, -0.2) is 10.2 Å². The van der Waals surface area contributed by atoms with Crippen LogP contribution in [0.4, 0.5) is 0 Å². The van der Waals surface area contributed by atoms with E-state index in [2.05, 4.69) is 31.0 Å². The van der Waals surface area contributed by atoms with E-state index in [-0.39, 0.29) is 0 Å². The van der Waals surface area contributed by atoms with E-state index < -0.39 is 0 Å². The third kappa shape index (κ3) is 1.84. The summed E-state index contributed by atoms with van der Waals surface area (Å²) in [6.45, 7) is 8.43. The fourth-order valence-electron chi connectivity index (χ4n) is 0.879. The summed E-state index contributed by atoms with van der Waals surface area (Å²) >= 11 is 0. The molecule has 1 unspecified atom stereocenters.